The second-order valence-electron chi connectivity index (χ2n) is 13.5. The predicted octanol–water partition coefficient (Wildman–Crippen LogP) is 6.44. The van der Waals surface area contributed by atoms with E-state index in [9.17, 15) is 4.79 Å². The van der Waals surface area contributed by atoms with Gasteiger partial charge >= 0.3 is 0 Å². The molecule has 6 aliphatic carbocycles. The van der Waals surface area contributed by atoms with E-state index in [2.05, 4.69) is 18.7 Å². The first-order chi connectivity index (χ1) is 14.5. The van der Waals surface area contributed by atoms with Crippen LogP contribution >= 0.6 is 0 Å². The van der Waals surface area contributed by atoms with Crippen LogP contribution in [0.1, 0.15) is 104 Å². The number of hydrogen-bond acceptors (Lipinski definition) is 1. The summed E-state index contributed by atoms with van der Waals surface area (Å²) in [6, 6.07) is 0. The first-order valence-electron chi connectivity index (χ1n) is 13.8. The van der Waals surface area contributed by atoms with Gasteiger partial charge in [-0.15, -0.1) is 0 Å². The Balaban J connectivity index is 1.26. The Kier molecular flexibility index (Phi) is 3.84. The lowest BCUT2D eigenvalue weighted by molar-refractivity contribution is -0.184. The fourth-order valence-corrected chi connectivity index (χ4v) is 11.5. The van der Waals surface area contributed by atoms with Gasteiger partial charge in [0.05, 0.1) is 0 Å². The van der Waals surface area contributed by atoms with Gasteiger partial charge in [-0.1, -0.05) is 39.0 Å². The van der Waals surface area contributed by atoms with Crippen LogP contribution in [-0.4, -0.2) is 22.9 Å². The molecule has 1 amide bonds. The Labute approximate surface area is 183 Å². The monoisotopic (exact) mass is 409 g/mol. The molecule has 166 valence electrons. The van der Waals surface area contributed by atoms with Gasteiger partial charge in [0.15, 0.2) is 0 Å². The molecule has 0 N–H and O–H groups in total. The number of rotatable bonds is 1. The predicted molar refractivity (Wildman–Crippen MR) is 120 cm³/mol. The van der Waals surface area contributed by atoms with Crippen LogP contribution in [0.3, 0.4) is 0 Å². The van der Waals surface area contributed by atoms with Crippen molar-refractivity contribution in [1.82, 2.24) is 4.90 Å². The summed E-state index contributed by atoms with van der Waals surface area (Å²) in [4.78, 5) is 16.4. The Morgan fingerprint density at radius 1 is 0.833 bits per heavy atom. The van der Waals surface area contributed by atoms with Crippen LogP contribution < -0.4 is 0 Å². The molecule has 1 saturated heterocycles. The minimum Gasteiger partial charge on any atom is -0.336 e. The minimum absolute atomic E-state index is 0.169. The lowest BCUT2D eigenvalue weighted by Crippen LogP contribution is -2.67. The molecule has 1 spiro atoms. The lowest BCUT2D eigenvalue weighted by Gasteiger charge is -2.66. The largest absolute Gasteiger partial charge is 0.336 e. The van der Waals surface area contributed by atoms with Crippen LogP contribution in [0.4, 0.5) is 0 Å². The average Bonchev–Trinajstić information content (AvgIpc) is 3.52. The molecule has 1 aliphatic heterocycles. The van der Waals surface area contributed by atoms with E-state index in [1.54, 1.807) is 6.42 Å². The molecule has 9 atom stereocenters. The molecule has 1 heterocycles. The van der Waals surface area contributed by atoms with Gasteiger partial charge in [-0.2, -0.15) is 0 Å². The molecule has 6 saturated carbocycles. The summed E-state index contributed by atoms with van der Waals surface area (Å²) in [7, 11) is 0. The van der Waals surface area contributed by atoms with Gasteiger partial charge in [0.2, 0.25) is 5.91 Å². The maximum Gasteiger partial charge on any atom is 0.226 e. The van der Waals surface area contributed by atoms with Crippen molar-refractivity contribution in [2.24, 2.45) is 52.3 Å². The van der Waals surface area contributed by atoms with Gasteiger partial charge in [0.25, 0.3) is 0 Å². The molecule has 2 nitrogen and oxygen atoms in total. The fourth-order valence-electron chi connectivity index (χ4n) is 11.5. The van der Waals surface area contributed by atoms with E-state index in [4.69, 9.17) is 0 Å². The molecule has 2 heteroatoms. The third-order valence-electron chi connectivity index (χ3n) is 12.8. The van der Waals surface area contributed by atoms with Crippen molar-refractivity contribution in [3.8, 4) is 0 Å². The molecular formula is C28H43NO. The van der Waals surface area contributed by atoms with Gasteiger partial charge in [-0.3, -0.25) is 4.79 Å². The molecule has 0 aromatic heterocycles. The first-order valence-corrected chi connectivity index (χ1v) is 13.8. The minimum atomic E-state index is 0.169. The summed E-state index contributed by atoms with van der Waals surface area (Å²) >= 11 is 0. The van der Waals surface area contributed by atoms with Gasteiger partial charge in [0.1, 0.15) is 0 Å². The SMILES string of the molecule is CC12CCC34CC5CCCC3(C)C5CCC4C1C1CC1CN2C(=O)C1CCCCC1. The third-order valence-corrected chi connectivity index (χ3v) is 12.8. The highest BCUT2D eigenvalue weighted by molar-refractivity contribution is 5.80. The summed E-state index contributed by atoms with van der Waals surface area (Å²) in [5, 5.41) is 0. The van der Waals surface area contributed by atoms with Crippen molar-refractivity contribution in [3.63, 3.8) is 0 Å². The van der Waals surface area contributed by atoms with E-state index in [1.807, 2.05) is 0 Å². The van der Waals surface area contributed by atoms with Crippen molar-refractivity contribution in [1.29, 1.82) is 0 Å². The first kappa shape index (κ1) is 19.0. The van der Waals surface area contributed by atoms with E-state index in [0.717, 1.165) is 42.1 Å². The van der Waals surface area contributed by atoms with Crippen LogP contribution in [0.15, 0.2) is 0 Å². The Morgan fingerprint density at radius 3 is 2.47 bits per heavy atom. The maximum absolute atomic E-state index is 13.9. The number of hydrogen-bond donors (Lipinski definition) is 0. The number of piperidine rings is 1. The van der Waals surface area contributed by atoms with Gasteiger partial charge < -0.3 is 4.90 Å². The van der Waals surface area contributed by atoms with Gasteiger partial charge in [0, 0.05) is 18.0 Å². The maximum atomic E-state index is 13.9. The summed E-state index contributed by atoms with van der Waals surface area (Å²) in [6.07, 6.45) is 19.5. The second kappa shape index (κ2) is 6.07. The normalized spacial score (nSPS) is 56.7. The number of carbonyl (C=O) groups is 1. The van der Waals surface area contributed by atoms with Crippen molar-refractivity contribution >= 4 is 5.91 Å². The van der Waals surface area contributed by atoms with E-state index in [-0.39, 0.29) is 5.54 Å². The highest BCUT2D eigenvalue weighted by Gasteiger charge is 2.74. The standard InChI is InChI=1S/C28H43NO/c1-26-12-6-9-19-16-28(26)14-13-27(2)24(23(28)11-10-22(19)26)21-15-20(21)17-29(27)25(30)18-7-4-3-5-8-18/h18-24H,3-17H2,1-2H3. The third kappa shape index (κ3) is 2.16. The average molecular weight is 410 g/mol. The smallest absolute Gasteiger partial charge is 0.226 e. The summed E-state index contributed by atoms with van der Waals surface area (Å²) < 4.78 is 0. The number of nitrogens with zero attached hydrogens (tertiary/aromatic N) is 1. The molecule has 7 fully saturated rings. The van der Waals surface area contributed by atoms with Crippen LogP contribution in [0.25, 0.3) is 0 Å². The molecular weight excluding hydrogens is 366 g/mol. The van der Waals surface area contributed by atoms with E-state index in [0.29, 0.717) is 22.7 Å². The van der Waals surface area contributed by atoms with Crippen LogP contribution in [-0.2, 0) is 4.79 Å². The Bertz CT molecular complexity index is 756. The van der Waals surface area contributed by atoms with Crippen molar-refractivity contribution in [3.05, 3.63) is 0 Å². The summed E-state index contributed by atoms with van der Waals surface area (Å²) in [6.45, 7) is 6.41. The summed E-state index contributed by atoms with van der Waals surface area (Å²) in [5.41, 5.74) is 1.42. The number of fused-ring (bicyclic) bond motifs is 4. The zero-order valence-electron chi connectivity index (χ0n) is 19.5. The van der Waals surface area contributed by atoms with Crippen molar-refractivity contribution in [2.45, 2.75) is 109 Å². The quantitative estimate of drug-likeness (QED) is 0.488. The van der Waals surface area contributed by atoms with E-state index < -0.39 is 0 Å². The number of carbonyl (C=O) groups excluding carboxylic acids is 1. The van der Waals surface area contributed by atoms with Crippen LogP contribution in [0, 0.1) is 52.3 Å². The molecule has 0 aromatic carbocycles. The highest BCUT2D eigenvalue weighted by Crippen LogP contribution is 2.79. The molecule has 4 bridgehead atoms. The number of amides is 1. The Hall–Kier alpha value is -0.530. The van der Waals surface area contributed by atoms with Crippen LogP contribution in [0.2, 0.25) is 0 Å². The molecule has 0 aromatic rings. The fraction of sp³-hybridized carbons (Fsp3) is 0.964. The highest BCUT2D eigenvalue weighted by atomic mass is 16.2. The molecule has 30 heavy (non-hydrogen) atoms. The molecule has 0 radical (unpaired) electrons. The van der Waals surface area contributed by atoms with Crippen molar-refractivity contribution < 1.29 is 4.79 Å². The zero-order chi connectivity index (χ0) is 20.3. The van der Waals surface area contributed by atoms with Gasteiger partial charge in [-0.05, 0) is 111 Å². The van der Waals surface area contributed by atoms with E-state index in [1.165, 1.54) is 83.5 Å². The summed E-state index contributed by atoms with van der Waals surface area (Å²) in [5.74, 6) is 6.52. The Morgan fingerprint density at radius 2 is 1.63 bits per heavy atom. The van der Waals surface area contributed by atoms with E-state index >= 15 is 0 Å². The second-order valence-corrected chi connectivity index (χ2v) is 13.5. The van der Waals surface area contributed by atoms with Crippen LogP contribution in [0.5, 0.6) is 0 Å². The molecule has 9 unspecified atom stereocenters. The molecule has 7 aliphatic rings. The topological polar surface area (TPSA) is 20.3 Å². The zero-order valence-corrected chi connectivity index (χ0v) is 19.5. The molecule has 7 rings (SSSR count). The van der Waals surface area contributed by atoms with Crippen molar-refractivity contribution in [2.75, 3.05) is 6.54 Å². The number of likely N-dealkylation sites (tertiary alicyclic amines) is 1. The van der Waals surface area contributed by atoms with Gasteiger partial charge in [-0.25, -0.2) is 0 Å². The lowest BCUT2D eigenvalue weighted by atomic mass is 9.41.